The number of nitrogens with zero attached hydrogens (tertiary/aromatic N) is 5. The van der Waals surface area contributed by atoms with Gasteiger partial charge in [-0.2, -0.15) is 0 Å². The number of amides is 1. The maximum atomic E-state index is 12.4. The predicted molar refractivity (Wildman–Crippen MR) is 106 cm³/mol. The monoisotopic (exact) mass is 403 g/mol. The molecule has 0 unspecified atom stereocenters. The van der Waals surface area contributed by atoms with Crippen LogP contribution in [0.25, 0.3) is 0 Å². The molecule has 8 heteroatoms. The number of carbonyl (C=O) groups is 1. The van der Waals surface area contributed by atoms with Gasteiger partial charge >= 0.3 is 0 Å². The fourth-order valence-electron chi connectivity index (χ4n) is 4.20. The minimum atomic E-state index is -0.00884. The molecule has 3 heterocycles. The summed E-state index contributed by atoms with van der Waals surface area (Å²) in [6.07, 6.45) is 6.13. The van der Waals surface area contributed by atoms with Gasteiger partial charge in [0.25, 0.3) is 5.91 Å². The molecule has 0 bridgehead atoms. The van der Waals surface area contributed by atoms with E-state index >= 15 is 0 Å². The fourth-order valence-corrected chi connectivity index (χ4v) is 4.39. The molecule has 1 atom stereocenters. The van der Waals surface area contributed by atoms with Gasteiger partial charge in [-0.1, -0.05) is 16.8 Å². The molecule has 1 amide bonds. The molecular weight excluding hydrogens is 378 g/mol. The lowest BCUT2D eigenvalue weighted by Gasteiger charge is -2.32. The van der Waals surface area contributed by atoms with Crippen molar-refractivity contribution in [3.05, 3.63) is 40.7 Å². The average molecular weight is 404 g/mol. The third-order valence-corrected chi connectivity index (χ3v) is 5.87. The molecule has 28 heavy (non-hydrogen) atoms. The van der Waals surface area contributed by atoms with Crippen molar-refractivity contribution in [1.82, 2.24) is 24.8 Å². The maximum absolute atomic E-state index is 12.4. The van der Waals surface area contributed by atoms with Crippen molar-refractivity contribution < 1.29 is 9.90 Å². The van der Waals surface area contributed by atoms with Crippen LogP contribution in [0.15, 0.2) is 24.4 Å². The Morgan fingerprint density at radius 3 is 2.86 bits per heavy atom. The van der Waals surface area contributed by atoms with Gasteiger partial charge in [-0.3, -0.25) is 14.4 Å². The minimum absolute atomic E-state index is 0.00884. The van der Waals surface area contributed by atoms with Gasteiger partial charge in [0.2, 0.25) is 0 Å². The number of aromatic nitrogens is 3. The molecule has 150 valence electrons. The van der Waals surface area contributed by atoms with E-state index in [1.807, 2.05) is 11.0 Å². The maximum Gasteiger partial charge on any atom is 0.276 e. The topological polar surface area (TPSA) is 74.5 Å². The van der Waals surface area contributed by atoms with E-state index in [1.54, 1.807) is 23.0 Å². The summed E-state index contributed by atoms with van der Waals surface area (Å²) in [6, 6.07) is 5.17. The lowest BCUT2D eigenvalue weighted by atomic mass is 9.97. The van der Waals surface area contributed by atoms with Crippen LogP contribution in [0.1, 0.15) is 41.7 Å². The molecule has 7 nitrogen and oxygen atoms in total. The lowest BCUT2D eigenvalue weighted by Crippen LogP contribution is -2.36. The molecule has 2 aliphatic rings. The summed E-state index contributed by atoms with van der Waals surface area (Å²) in [5.74, 6) is 0.713. The Kier molecular flexibility index (Phi) is 5.82. The molecule has 2 aliphatic heterocycles. The van der Waals surface area contributed by atoms with E-state index in [2.05, 4.69) is 15.2 Å². The number of piperidine rings is 1. The first kappa shape index (κ1) is 19.2. The summed E-state index contributed by atoms with van der Waals surface area (Å²) in [5.41, 5.74) is 1.30. The first-order chi connectivity index (χ1) is 13.6. The van der Waals surface area contributed by atoms with Crippen LogP contribution in [-0.4, -0.2) is 62.0 Å². The van der Waals surface area contributed by atoms with Crippen LogP contribution >= 0.6 is 11.6 Å². The highest BCUT2D eigenvalue weighted by atomic mass is 35.5. The number of hydrogen-bond acceptors (Lipinski definition) is 5. The van der Waals surface area contributed by atoms with E-state index in [9.17, 15) is 9.90 Å². The zero-order valence-electron chi connectivity index (χ0n) is 15.9. The smallest absolute Gasteiger partial charge is 0.276 e. The van der Waals surface area contributed by atoms with Crippen molar-refractivity contribution >= 4 is 17.5 Å². The van der Waals surface area contributed by atoms with E-state index in [4.69, 9.17) is 11.6 Å². The van der Waals surface area contributed by atoms with Crippen molar-refractivity contribution in [2.75, 3.05) is 26.2 Å². The number of benzene rings is 1. The molecule has 0 radical (unpaired) electrons. The standard InChI is InChI=1S/C20H26ClN5O2/c21-17-5-6-19(27)16(10-17)13-24-7-3-4-15(11-24)12-26-14-18(22-23-26)20(28)25-8-1-2-9-25/h5-6,10,14-15,27H,1-4,7-9,11-13H2/t15-/m0/s1. The van der Waals surface area contributed by atoms with Crippen LogP contribution in [0, 0.1) is 5.92 Å². The summed E-state index contributed by atoms with van der Waals surface area (Å²) in [7, 11) is 0. The Hall–Kier alpha value is -2.12. The van der Waals surface area contributed by atoms with Gasteiger partial charge in [0.1, 0.15) is 5.75 Å². The number of phenolic OH excluding ortho intramolecular Hbond substituents is 1. The van der Waals surface area contributed by atoms with Crippen molar-refractivity contribution in [3.63, 3.8) is 0 Å². The molecule has 2 saturated heterocycles. The SMILES string of the molecule is O=C(c1cn(C[C@H]2CCCN(Cc3cc(Cl)ccc3O)C2)nn1)N1CCCC1. The largest absolute Gasteiger partial charge is 0.508 e. The quantitative estimate of drug-likeness (QED) is 0.830. The minimum Gasteiger partial charge on any atom is -0.508 e. The predicted octanol–water partition coefficient (Wildman–Crippen LogP) is 2.79. The number of halogens is 1. The second kappa shape index (κ2) is 8.49. The number of likely N-dealkylation sites (tertiary alicyclic amines) is 2. The number of rotatable bonds is 5. The van der Waals surface area contributed by atoms with Crippen LogP contribution in [0.4, 0.5) is 0 Å². The van der Waals surface area contributed by atoms with Gasteiger partial charge in [-0.15, -0.1) is 5.10 Å². The van der Waals surface area contributed by atoms with Crippen LogP contribution in [-0.2, 0) is 13.1 Å². The van der Waals surface area contributed by atoms with Gasteiger partial charge < -0.3 is 10.0 Å². The van der Waals surface area contributed by atoms with Gasteiger partial charge in [-0.25, -0.2) is 0 Å². The molecule has 0 aliphatic carbocycles. The summed E-state index contributed by atoms with van der Waals surface area (Å²) < 4.78 is 1.80. The first-order valence-electron chi connectivity index (χ1n) is 9.97. The summed E-state index contributed by atoms with van der Waals surface area (Å²) >= 11 is 6.07. The van der Waals surface area contributed by atoms with E-state index in [-0.39, 0.29) is 11.7 Å². The van der Waals surface area contributed by atoms with Crippen LogP contribution in [0.5, 0.6) is 5.75 Å². The average Bonchev–Trinajstić information content (AvgIpc) is 3.37. The van der Waals surface area contributed by atoms with Crippen LogP contribution < -0.4 is 0 Å². The molecule has 4 rings (SSSR count). The Morgan fingerprint density at radius 2 is 2.04 bits per heavy atom. The molecule has 2 aromatic rings. The van der Waals surface area contributed by atoms with Crippen molar-refractivity contribution in [2.24, 2.45) is 5.92 Å². The van der Waals surface area contributed by atoms with Gasteiger partial charge in [0.15, 0.2) is 5.69 Å². The zero-order chi connectivity index (χ0) is 19.5. The van der Waals surface area contributed by atoms with Crippen LogP contribution in [0.2, 0.25) is 5.02 Å². The van der Waals surface area contributed by atoms with Crippen molar-refractivity contribution in [2.45, 2.75) is 38.8 Å². The van der Waals surface area contributed by atoms with E-state index in [0.29, 0.717) is 23.2 Å². The highest BCUT2D eigenvalue weighted by Crippen LogP contribution is 2.26. The molecular formula is C20H26ClN5O2. The number of hydrogen-bond donors (Lipinski definition) is 1. The zero-order valence-corrected chi connectivity index (χ0v) is 16.7. The van der Waals surface area contributed by atoms with Gasteiger partial charge in [0, 0.05) is 43.3 Å². The van der Waals surface area contributed by atoms with Crippen LogP contribution in [0.3, 0.4) is 0 Å². The first-order valence-corrected chi connectivity index (χ1v) is 10.4. The second-order valence-electron chi connectivity index (χ2n) is 7.84. The Bertz CT molecular complexity index is 834. The Labute approximate surface area is 169 Å². The highest BCUT2D eigenvalue weighted by molar-refractivity contribution is 6.30. The van der Waals surface area contributed by atoms with E-state index in [1.165, 1.54) is 0 Å². The van der Waals surface area contributed by atoms with Crippen molar-refractivity contribution in [1.29, 1.82) is 0 Å². The molecule has 1 aromatic heterocycles. The molecule has 2 fully saturated rings. The Morgan fingerprint density at radius 1 is 1.21 bits per heavy atom. The van der Waals surface area contributed by atoms with Gasteiger partial charge in [-0.05, 0) is 56.3 Å². The number of aromatic hydroxyl groups is 1. The normalized spacial score (nSPS) is 20.6. The van der Waals surface area contributed by atoms with E-state index in [0.717, 1.165) is 64.0 Å². The summed E-state index contributed by atoms with van der Waals surface area (Å²) in [5, 5.41) is 19.0. The third-order valence-electron chi connectivity index (χ3n) is 5.63. The molecule has 1 N–H and O–H groups in total. The Balaban J connectivity index is 1.35. The molecule has 0 saturated carbocycles. The van der Waals surface area contributed by atoms with Crippen molar-refractivity contribution in [3.8, 4) is 5.75 Å². The third kappa shape index (κ3) is 4.47. The fraction of sp³-hybridized carbons (Fsp3) is 0.550. The highest BCUT2D eigenvalue weighted by Gasteiger charge is 2.24. The summed E-state index contributed by atoms with van der Waals surface area (Å²) in [6.45, 7) is 4.98. The lowest BCUT2D eigenvalue weighted by molar-refractivity contribution is 0.0787. The second-order valence-corrected chi connectivity index (χ2v) is 8.28. The van der Waals surface area contributed by atoms with E-state index < -0.39 is 0 Å². The number of phenols is 1. The molecule has 1 aromatic carbocycles. The summed E-state index contributed by atoms with van der Waals surface area (Å²) in [4.78, 5) is 16.6. The van der Waals surface area contributed by atoms with Gasteiger partial charge in [0.05, 0.1) is 6.20 Å². The number of carbonyl (C=O) groups excluding carboxylic acids is 1. The molecule has 0 spiro atoms.